The van der Waals surface area contributed by atoms with Crippen LogP contribution < -0.4 is 4.90 Å². The number of unbranched alkanes of at least 4 members (excludes halogenated alkanes) is 1. The van der Waals surface area contributed by atoms with Crippen molar-refractivity contribution >= 4 is 5.82 Å². The number of aromatic nitrogens is 2. The molecule has 6 heteroatoms. The van der Waals surface area contributed by atoms with Gasteiger partial charge in [0.1, 0.15) is 11.6 Å². The van der Waals surface area contributed by atoms with Gasteiger partial charge in [-0.15, -0.1) is 0 Å². The molecular formula is C28H35FN4O. The number of aryl methyl sites for hydroxylation is 1. The van der Waals surface area contributed by atoms with Crippen LogP contribution in [0.15, 0.2) is 54.6 Å². The van der Waals surface area contributed by atoms with Gasteiger partial charge in [0.15, 0.2) is 5.82 Å². The number of aliphatic hydroxyl groups is 1. The monoisotopic (exact) mass is 462 g/mol. The van der Waals surface area contributed by atoms with Gasteiger partial charge in [-0.25, -0.2) is 14.4 Å². The van der Waals surface area contributed by atoms with E-state index in [1.54, 1.807) is 12.1 Å². The van der Waals surface area contributed by atoms with Crippen molar-refractivity contribution in [2.75, 3.05) is 37.6 Å². The zero-order valence-electron chi connectivity index (χ0n) is 20.3. The number of hydrogen-bond acceptors (Lipinski definition) is 5. The summed E-state index contributed by atoms with van der Waals surface area (Å²) >= 11 is 0. The van der Waals surface area contributed by atoms with Gasteiger partial charge >= 0.3 is 0 Å². The van der Waals surface area contributed by atoms with Gasteiger partial charge in [0.25, 0.3) is 0 Å². The van der Waals surface area contributed by atoms with Crippen LogP contribution in [0.1, 0.15) is 43.0 Å². The average molecular weight is 463 g/mol. The fourth-order valence-corrected chi connectivity index (χ4v) is 4.59. The first-order valence-corrected chi connectivity index (χ1v) is 12.4. The molecule has 180 valence electrons. The van der Waals surface area contributed by atoms with Gasteiger partial charge in [0.2, 0.25) is 0 Å². The first-order valence-electron chi connectivity index (χ1n) is 12.4. The van der Waals surface area contributed by atoms with Crippen molar-refractivity contribution in [2.24, 2.45) is 0 Å². The molecule has 2 heterocycles. The van der Waals surface area contributed by atoms with Crippen molar-refractivity contribution in [3.8, 4) is 11.4 Å². The summed E-state index contributed by atoms with van der Waals surface area (Å²) in [5.74, 6) is 1.42. The van der Waals surface area contributed by atoms with Crippen LogP contribution in [0.2, 0.25) is 0 Å². The summed E-state index contributed by atoms with van der Waals surface area (Å²) < 4.78 is 13.9. The number of hydrogen-bond donors (Lipinski definition) is 1. The van der Waals surface area contributed by atoms with Crippen molar-refractivity contribution in [1.29, 1.82) is 0 Å². The Kier molecular flexibility index (Phi) is 8.25. The summed E-state index contributed by atoms with van der Waals surface area (Å²) in [7, 11) is 0. The third-order valence-electron chi connectivity index (χ3n) is 6.53. The second-order valence-corrected chi connectivity index (χ2v) is 9.19. The number of benzene rings is 2. The maximum atomic E-state index is 13.9. The lowest BCUT2D eigenvalue weighted by atomic mass is 10.0. The van der Waals surface area contributed by atoms with E-state index in [0.717, 1.165) is 80.2 Å². The predicted octanol–water partition coefficient (Wildman–Crippen LogP) is 4.86. The Morgan fingerprint density at radius 2 is 1.76 bits per heavy atom. The first-order chi connectivity index (χ1) is 16.5. The first kappa shape index (κ1) is 24.3. The number of halogens is 1. The molecule has 1 fully saturated rings. The lowest BCUT2D eigenvalue weighted by Crippen LogP contribution is -2.49. The van der Waals surface area contributed by atoms with Crippen molar-refractivity contribution < 1.29 is 9.50 Å². The molecule has 0 bridgehead atoms. The van der Waals surface area contributed by atoms with Crippen molar-refractivity contribution in [2.45, 2.75) is 45.6 Å². The molecule has 1 aromatic heterocycles. The van der Waals surface area contributed by atoms with E-state index in [-0.39, 0.29) is 11.9 Å². The molecule has 0 amide bonds. The molecule has 0 radical (unpaired) electrons. The topological polar surface area (TPSA) is 52.5 Å². The highest BCUT2D eigenvalue weighted by molar-refractivity contribution is 5.61. The van der Waals surface area contributed by atoms with Gasteiger partial charge in [0, 0.05) is 56.0 Å². The van der Waals surface area contributed by atoms with E-state index >= 15 is 0 Å². The van der Waals surface area contributed by atoms with Gasteiger partial charge in [-0.3, -0.25) is 4.90 Å². The zero-order valence-corrected chi connectivity index (χ0v) is 20.3. The largest absolute Gasteiger partial charge is 0.392 e. The van der Waals surface area contributed by atoms with Crippen molar-refractivity contribution in [3.05, 3.63) is 77.2 Å². The molecule has 5 nitrogen and oxygen atoms in total. The van der Waals surface area contributed by atoms with Gasteiger partial charge in [-0.2, -0.15) is 0 Å². The molecule has 1 aliphatic rings. The molecule has 1 unspecified atom stereocenters. The van der Waals surface area contributed by atoms with Crippen LogP contribution in [0.4, 0.5) is 10.2 Å². The Morgan fingerprint density at radius 3 is 2.47 bits per heavy atom. The van der Waals surface area contributed by atoms with Crippen LogP contribution in [0.5, 0.6) is 0 Å². The summed E-state index contributed by atoms with van der Waals surface area (Å²) in [6.07, 6.45) is 3.35. The van der Waals surface area contributed by atoms with E-state index in [4.69, 9.17) is 9.97 Å². The average Bonchev–Trinajstić information content (AvgIpc) is 2.85. The number of piperazine rings is 1. The predicted molar refractivity (Wildman–Crippen MR) is 136 cm³/mol. The molecule has 1 atom stereocenters. The molecule has 1 N–H and O–H groups in total. The molecule has 1 saturated heterocycles. The SMILES string of the molecule is CCCCC(O)CN1CCN(c2nc(-c3ccccc3)nc(C)c2Cc2cccc(F)c2)CC1. The van der Waals surface area contributed by atoms with Gasteiger partial charge < -0.3 is 10.0 Å². The maximum absolute atomic E-state index is 13.9. The zero-order chi connectivity index (χ0) is 23.9. The summed E-state index contributed by atoms with van der Waals surface area (Å²) in [5, 5.41) is 10.3. The van der Waals surface area contributed by atoms with Crippen LogP contribution in [-0.2, 0) is 6.42 Å². The molecule has 0 spiro atoms. The lowest BCUT2D eigenvalue weighted by Gasteiger charge is -2.37. The highest BCUT2D eigenvalue weighted by Gasteiger charge is 2.24. The summed E-state index contributed by atoms with van der Waals surface area (Å²) in [4.78, 5) is 14.5. The van der Waals surface area contributed by atoms with Crippen molar-refractivity contribution in [1.82, 2.24) is 14.9 Å². The Hall–Kier alpha value is -2.83. The molecule has 0 saturated carbocycles. The third kappa shape index (κ3) is 6.19. The standard InChI is InChI=1S/C28H35FN4O/c1-3-4-13-25(34)20-32-14-16-33(17-15-32)28-26(19-22-9-8-12-24(29)18-22)21(2)30-27(31-28)23-10-6-5-7-11-23/h5-12,18,25,34H,3-4,13-17,19-20H2,1-2H3. The number of rotatable bonds is 9. The number of anilines is 1. The second kappa shape index (κ2) is 11.5. The van der Waals surface area contributed by atoms with E-state index in [0.29, 0.717) is 12.2 Å². The quantitative estimate of drug-likeness (QED) is 0.492. The summed E-state index contributed by atoms with van der Waals surface area (Å²) in [6, 6.07) is 16.8. The highest BCUT2D eigenvalue weighted by atomic mass is 19.1. The van der Waals surface area contributed by atoms with Gasteiger partial charge in [0.05, 0.1) is 6.10 Å². The Morgan fingerprint density at radius 1 is 1.00 bits per heavy atom. The molecule has 4 rings (SSSR count). The Balaban J connectivity index is 1.58. The third-order valence-corrected chi connectivity index (χ3v) is 6.53. The molecule has 2 aromatic carbocycles. The molecule has 1 aliphatic heterocycles. The lowest BCUT2D eigenvalue weighted by molar-refractivity contribution is 0.100. The highest BCUT2D eigenvalue weighted by Crippen LogP contribution is 2.28. The number of nitrogens with zero attached hydrogens (tertiary/aromatic N) is 4. The Labute approximate surface area is 202 Å². The summed E-state index contributed by atoms with van der Waals surface area (Å²) in [5.41, 5.74) is 3.87. The second-order valence-electron chi connectivity index (χ2n) is 9.19. The van der Waals surface area contributed by atoms with Crippen LogP contribution >= 0.6 is 0 Å². The van der Waals surface area contributed by atoms with E-state index in [1.165, 1.54) is 6.07 Å². The molecule has 0 aliphatic carbocycles. The maximum Gasteiger partial charge on any atom is 0.161 e. The Bertz CT molecular complexity index is 1070. The fourth-order valence-electron chi connectivity index (χ4n) is 4.59. The fraction of sp³-hybridized carbons (Fsp3) is 0.429. The van der Waals surface area contributed by atoms with Crippen LogP contribution in [0, 0.1) is 12.7 Å². The van der Waals surface area contributed by atoms with Crippen LogP contribution in [0.3, 0.4) is 0 Å². The minimum atomic E-state index is -0.263. The normalized spacial score (nSPS) is 15.5. The van der Waals surface area contributed by atoms with Crippen LogP contribution in [0.25, 0.3) is 11.4 Å². The van der Waals surface area contributed by atoms with E-state index in [1.807, 2.05) is 43.3 Å². The van der Waals surface area contributed by atoms with Gasteiger partial charge in [-0.1, -0.05) is 62.2 Å². The van der Waals surface area contributed by atoms with Crippen molar-refractivity contribution in [3.63, 3.8) is 0 Å². The van der Waals surface area contributed by atoms with Crippen LogP contribution in [-0.4, -0.2) is 58.8 Å². The number of β-amino-alcohol motifs (C(OH)–C–C–N with tert-alkyl or cyclic N) is 1. The summed E-state index contributed by atoms with van der Waals surface area (Å²) in [6.45, 7) is 8.33. The van der Waals surface area contributed by atoms with E-state index in [2.05, 4.69) is 16.7 Å². The smallest absolute Gasteiger partial charge is 0.161 e. The van der Waals surface area contributed by atoms with E-state index in [9.17, 15) is 9.50 Å². The minimum absolute atomic E-state index is 0.228. The van der Waals surface area contributed by atoms with E-state index < -0.39 is 0 Å². The minimum Gasteiger partial charge on any atom is -0.392 e. The molecule has 3 aromatic rings. The number of aliphatic hydroxyl groups excluding tert-OH is 1. The molecule has 34 heavy (non-hydrogen) atoms. The van der Waals surface area contributed by atoms with Gasteiger partial charge in [-0.05, 0) is 31.0 Å². The molecular weight excluding hydrogens is 427 g/mol.